The van der Waals surface area contributed by atoms with Crippen molar-refractivity contribution >= 4 is 23.4 Å². The third-order valence-electron chi connectivity index (χ3n) is 1.24. The van der Waals surface area contributed by atoms with E-state index in [1.807, 2.05) is 12.1 Å². The number of hydrogen-bond acceptors (Lipinski definition) is 3. The summed E-state index contributed by atoms with van der Waals surface area (Å²) in [5, 5.41) is 9.97. The van der Waals surface area contributed by atoms with E-state index in [1.165, 1.54) is 0 Å². The number of nitrogens with zero attached hydrogens (tertiary/aromatic N) is 1. The highest BCUT2D eigenvalue weighted by Crippen LogP contribution is 2.17. The number of aromatic nitrogens is 1. The molecular formula is C8H10ClNOS. The van der Waals surface area contributed by atoms with Crippen molar-refractivity contribution in [2.75, 3.05) is 12.4 Å². The Morgan fingerprint density at radius 3 is 3.00 bits per heavy atom. The van der Waals surface area contributed by atoms with E-state index in [0.29, 0.717) is 5.15 Å². The zero-order chi connectivity index (χ0) is 8.81. The van der Waals surface area contributed by atoms with Gasteiger partial charge in [-0.15, -0.1) is 11.8 Å². The van der Waals surface area contributed by atoms with Gasteiger partial charge in [0, 0.05) is 12.4 Å². The first-order valence-corrected chi connectivity index (χ1v) is 5.05. The smallest absolute Gasteiger partial charge is 0.130 e. The average molecular weight is 204 g/mol. The largest absolute Gasteiger partial charge is 0.396 e. The van der Waals surface area contributed by atoms with E-state index in [0.717, 1.165) is 17.2 Å². The summed E-state index contributed by atoms with van der Waals surface area (Å²) in [4.78, 5) is 4.09. The SMILES string of the molecule is OCCCSc1cccc(Cl)n1. The summed E-state index contributed by atoms with van der Waals surface area (Å²) in [6.07, 6.45) is 0.791. The first-order valence-electron chi connectivity index (χ1n) is 3.69. The fourth-order valence-corrected chi connectivity index (χ4v) is 1.75. The second-order valence-corrected chi connectivity index (χ2v) is 3.73. The third kappa shape index (κ3) is 3.43. The van der Waals surface area contributed by atoms with Crippen molar-refractivity contribution in [1.82, 2.24) is 4.98 Å². The van der Waals surface area contributed by atoms with Gasteiger partial charge < -0.3 is 5.11 Å². The minimum Gasteiger partial charge on any atom is -0.396 e. The minimum absolute atomic E-state index is 0.230. The molecule has 0 saturated heterocycles. The summed E-state index contributed by atoms with van der Waals surface area (Å²) < 4.78 is 0. The standard InChI is InChI=1S/C8H10ClNOS/c9-7-3-1-4-8(10-7)12-6-2-5-11/h1,3-4,11H,2,5-6H2. The molecule has 0 bridgehead atoms. The van der Waals surface area contributed by atoms with Crippen LogP contribution in [-0.2, 0) is 0 Å². The molecule has 0 saturated carbocycles. The molecular weight excluding hydrogens is 194 g/mol. The molecule has 0 spiro atoms. The van der Waals surface area contributed by atoms with Crippen molar-refractivity contribution in [2.24, 2.45) is 0 Å². The quantitative estimate of drug-likeness (QED) is 0.463. The molecule has 1 rings (SSSR count). The fourth-order valence-electron chi connectivity index (χ4n) is 0.711. The molecule has 0 aromatic carbocycles. The molecule has 1 N–H and O–H groups in total. The van der Waals surface area contributed by atoms with Crippen LogP contribution in [0.1, 0.15) is 6.42 Å². The van der Waals surface area contributed by atoms with E-state index in [2.05, 4.69) is 4.98 Å². The first kappa shape index (κ1) is 9.84. The van der Waals surface area contributed by atoms with E-state index in [-0.39, 0.29) is 6.61 Å². The first-order chi connectivity index (χ1) is 5.83. The predicted octanol–water partition coefficient (Wildman–Crippen LogP) is 2.21. The topological polar surface area (TPSA) is 33.1 Å². The van der Waals surface area contributed by atoms with Gasteiger partial charge >= 0.3 is 0 Å². The zero-order valence-corrected chi connectivity index (χ0v) is 8.11. The number of halogens is 1. The Morgan fingerprint density at radius 2 is 2.33 bits per heavy atom. The van der Waals surface area contributed by atoms with Crippen LogP contribution in [0.25, 0.3) is 0 Å². The summed E-state index contributed by atoms with van der Waals surface area (Å²) >= 11 is 7.29. The lowest BCUT2D eigenvalue weighted by Crippen LogP contribution is -1.87. The highest BCUT2D eigenvalue weighted by Gasteiger charge is 1.95. The number of pyridine rings is 1. The molecule has 0 aliphatic heterocycles. The van der Waals surface area contributed by atoms with E-state index < -0.39 is 0 Å². The Bertz CT molecular complexity index is 244. The van der Waals surface area contributed by atoms with Crippen LogP contribution in [0.4, 0.5) is 0 Å². The zero-order valence-electron chi connectivity index (χ0n) is 6.53. The van der Waals surface area contributed by atoms with Gasteiger partial charge in [-0.2, -0.15) is 0 Å². The van der Waals surface area contributed by atoms with Crippen LogP contribution >= 0.6 is 23.4 Å². The summed E-state index contributed by atoms with van der Waals surface area (Å²) in [6, 6.07) is 5.53. The lowest BCUT2D eigenvalue weighted by atomic mass is 10.5. The van der Waals surface area contributed by atoms with Crippen molar-refractivity contribution in [2.45, 2.75) is 11.4 Å². The van der Waals surface area contributed by atoms with E-state index in [9.17, 15) is 0 Å². The molecule has 66 valence electrons. The molecule has 0 amide bonds. The van der Waals surface area contributed by atoms with Crippen LogP contribution < -0.4 is 0 Å². The van der Waals surface area contributed by atoms with Gasteiger partial charge in [-0.3, -0.25) is 0 Å². The van der Waals surface area contributed by atoms with Gasteiger partial charge in [-0.1, -0.05) is 17.7 Å². The second-order valence-electron chi connectivity index (χ2n) is 2.22. The molecule has 4 heteroatoms. The Labute approximate surface area is 81.0 Å². The van der Waals surface area contributed by atoms with E-state index in [4.69, 9.17) is 16.7 Å². The number of hydrogen-bond donors (Lipinski definition) is 1. The summed E-state index contributed by atoms with van der Waals surface area (Å²) in [7, 11) is 0. The molecule has 1 aromatic heterocycles. The predicted molar refractivity (Wildman–Crippen MR) is 51.7 cm³/mol. The van der Waals surface area contributed by atoms with Gasteiger partial charge in [-0.25, -0.2) is 4.98 Å². The van der Waals surface area contributed by atoms with Crippen LogP contribution in [0.5, 0.6) is 0 Å². The van der Waals surface area contributed by atoms with E-state index >= 15 is 0 Å². The highest BCUT2D eigenvalue weighted by molar-refractivity contribution is 7.99. The van der Waals surface area contributed by atoms with Gasteiger partial charge in [0.15, 0.2) is 0 Å². The van der Waals surface area contributed by atoms with Gasteiger partial charge in [0.2, 0.25) is 0 Å². The Balaban J connectivity index is 2.41. The van der Waals surface area contributed by atoms with Gasteiger partial charge in [-0.05, 0) is 18.6 Å². The van der Waals surface area contributed by atoms with Crippen LogP contribution in [0.15, 0.2) is 23.2 Å². The van der Waals surface area contributed by atoms with Gasteiger partial charge in [0.25, 0.3) is 0 Å². The molecule has 1 heterocycles. The van der Waals surface area contributed by atoms with Gasteiger partial charge in [0.1, 0.15) is 5.15 Å². The van der Waals surface area contributed by atoms with E-state index in [1.54, 1.807) is 17.8 Å². The maximum absolute atomic E-state index is 8.54. The molecule has 0 radical (unpaired) electrons. The van der Waals surface area contributed by atoms with Crippen molar-refractivity contribution in [1.29, 1.82) is 0 Å². The minimum atomic E-state index is 0.230. The third-order valence-corrected chi connectivity index (χ3v) is 2.47. The maximum atomic E-state index is 8.54. The van der Waals surface area contributed by atoms with Crippen molar-refractivity contribution in [3.63, 3.8) is 0 Å². The Morgan fingerprint density at radius 1 is 1.50 bits per heavy atom. The van der Waals surface area contributed by atoms with Crippen molar-refractivity contribution in [3.8, 4) is 0 Å². The average Bonchev–Trinajstić information content (AvgIpc) is 2.05. The van der Waals surface area contributed by atoms with Crippen LogP contribution in [-0.4, -0.2) is 22.5 Å². The summed E-state index contributed by atoms with van der Waals surface area (Å²) in [6.45, 7) is 0.230. The van der Waals surface area contributed by atoms with Crippen LogP contribution in [0.2, 0.25) is 5.15 Å². The van der Waals surface area contributed by atoms with Crippen LogP contribution in [0, 0.1) is 0 Å². The lowest BCUT2D eigenvalue weighted by molar-refractivity contribution is 0.296. The molecule has 0 aliphatic carbocycles. The monoisotopic (exact) mass is 203 g/mol. The molecule has 0 atom stereocenters. The van der Waals surface area contributed by atoms with Gasteiger partial charge in [0.05, 0.1) is 5.03 Å². The number of aliphatic hydroxyl groups is 1. The highest BCUT2D eigenvalue weighted by atomic mass is 35.5. The Kier molecular flexibility index (Phi) is 4.43. The second kappa shape index (κ2) is 5.41. The normalized spacial score (nSPS) is 10.2. The lowest BCUT2D eigenvalue weighted by Gasteiger charge is -1.98. The molecule has 0 aliphatic rings. The fraction of sp³-hybridized carbons (Fsp3) is 0.375. The number of rotatable bonds is 4. The van der Waals surface area contributed by atoms with Crippen molar-refractivity contribution in [3.05, 3.63) is 23.4 Å². The molecule has 0 unspecified atom stereocenters. The Hall–Kier alpha value is -0.250. The molecule has 2 nitrogen and oxygen atoms in total. The number of thioether (sulfide) groups is 1. The molecule has 1 aromatic rings. The summed E-state index contributed by atoms with van der Waals surface area (Å²) in [5.74, 6) is 0.879. The van der Waals surface area contributed by atoms with Crippen LogP contribution in [0.3, 0.4) is 0 Å². The maximum Gasteiger partial charge on any atom is 0.130 e. The molecule has 12 heavy (non-hydrogen) atoms. The number of aliphatic hydroxyl groups excluding tert-OH is 1. The van der Waals surface area contributed by atoms with Crippen molar-refractivity contribution < 1.29 is 5.11 Å². The summed E-state index contributed by atoms with van der Waals surface area (Å²) in [5.41, 5.74) is 0. The molecule has 0 fully saturated rings.